The molecule has 2 aromatic rings. The van der Waals surface area contributed by atoms with E-state index < -0.39 is 18.1 Å². The predicted molar refractivity (Wildman–Crippen MR) is 94.9 cm³/mol. The number of rotatable bonds is 6. The van der Waals surface area contributed by atoms with E-state index in [0.29, 0.717) is 37.3 Å². The molecule has 1 heterocycles. The summed E-state index contributed by atoms with van der Waals surface area (Å²) in [6, 6.07) is 15.8. The predicted octanol–water partition coefficient (Wildman–Crippen LogP) is 2.32. The summed E-state index contributed by atoms with van der Waals surface area (Å²) in [6.07, 6.45) is -0.397. The van der Waals surface area contributed by atoms with Crippen LogP contribution in [0, 0.1) is 0 Å². The lowest BCUT2D eigenvalue weighted by molar-refractivity contribution is -0.149. The van der Waals surface area contributed by atoms with Crippen molar-refractivity contribution in [3.05, 3.63) is 65.7 Å². The van der Waals surface area contributed by atoms with Crippen LogP contribution < -0.4 is 4.74 Å². The van der Waals surface area contributed by atoms with Crippen LogP contribution in [0.4, 0.5) is 0 Å². The highest BCUT2D eigenvalue weighted by Gasteiger charge is 2.37. The van der Waals surface area contributed by atoms with E-state index in [0.717, 1.165) is 5.56 Å². The SMILES string of the molecule is O=C(O)[C@H](O)[C@@H]1CCCN1C(=O)c1ccc(OCc2ccccc2)cc1. The van der Waals surface area contributed by atoms with Gasteiger partial charge in [0.2, 0.25) is 0 Å². The molecule has 1 aliphatic heterocycles. The van der Waals surface area contributed by atoms with E-state index in [1.807, 2.05) is 30.3 Å². The first-order chi connectivity index (χ1) is 12.6. The number of ether oxygens (including phenoxy) is 1. The molecule has 0 bridgehead atoms. The highest BCUT2D eigenvalue weighted by Crippen LogP contribution is 2.24. The first kappa shape index (κ1) is 17.9. The molecule has 1 saturated heterocycles. The molecular formula is C20H21NO5. The summed E-state index contributed by atoms with van der Waals surface area (Å²) < 4.78 is 5.70. The Morgan fingerprint density at radius 2 is 1.81 bits per heavy atom. The summed E-state index contributed by atoms with van der Waals surface area (Å²) in [5.41, 5.74) is 1.50. The number of carboxylic acid groups (broad SMARTS) is 1. The lowest BCUT2D eigenvalue weighted by Gasteiger charge is -2.26. The van der Waals surface area contributed by atoms with Gasteiger partial charge in [-0.3, -0.25) is 4.79 Å². The topological polar surface area (TPSA) is 87.1 Å². The molecule has 136 valence electrons. The molecule has 0 unspecified atom stereocenters. The fourth-order valence-corrected chi connectivity index (χ4v) is 3.14. The minimum Gasteiger partial charge on any atom is -0.489 e. The standard InChI is InChI=1S/C20H21NO5/c22-18(20(24)25)17-7-4-12-21(17)19(23)15-8-10-16(11-9-15)26-13-14-5-2-1-3-6-14/h1-3,5-6,8-11,17-18,22H,4,7,12-13H2,(H,24,25)/t17-,18+/m0/s1. The molecule has 0 radical (unpaired) electrons. The normalized spacial score (nSPS) is 17.7. The van der Waals surface area contributed by atoms with Gasteiger partial charge in [-0.05, 0) is 42.7 Å². The van der Waals surface area contributed by atoms with Gasteiger partial charge in [0, 0.05) is 12.1 Å². The van der Waals surface area contributed by atoms with Gasteiger partial charge < -0.3 is 19.8 Å². The first-order valence-electron chi connectivity index (χ1n) is 8.55. The average Bonchev–Trinajstić information content (AvgIpc) is 3.16. The number of likely N-dealkylation sites (tertiary alicyclic amines) is 1. The number of carboxylic acids is 1. The summed E-state index contributed by atoms with van der Waals surface area (Å²) in [5, 5.41) is 18.8. The number of hydrogen-bond donors (Lipinski definition) is 2. The summed E-state index contributed by atoms with van der Waals surface area (Å²) in [6.45, 7) is 0.882. The summed E-state index contributed by atoms with van der Waals surface area (Å²) in [7, 11) is 0. The monoisotopic (exact) mass is 355 g/mol. The third-order valence-corrected chi connectivity index (χ3v) is 4.53. The molecule has 2 atom stereocenters. The van der Waals surface area contributed by atoms with Crippen molar-refractivity contribution in [3.8, 4) is 5.75 Å². The lowest BCUT2D eigenvalue weighted by Crippen LogP contribution is -2.46. The van der Waals surface area contributed by atoms with Gasteiger partial charge in [0.1, 0.15) is 12.4 Å². The smallest absolute Gasteiger partial charge is 0.334 e. The van der Waals surface area contributed by atoms with Crippen LogP contribution >= 0.6 is 0 Å². The third kappa shape index (κ3) is 4.03. The van der Waals surface area contributed by atoms with Gasteiger partial charge in [-0.25, -0.2) is 4.79 Å². The fourth-order valence-electron chi connectivity index (χ4n) is 3.14. The second kappa shape index (κ2) is 8.01. The summed E-state index contributed by atoms with van der Waals surface area (Å²) >= 11 is 0. The van der Waals surface area contributed by atoms with Gasteiger partial charge in [0.05, 0.1) is 6.04 Å². The number of amides is 1. The molecule has 1 fully saturated rings. The maximum Gasteiger partial charge on any atom is 0.334 e. The van der Waals surface area contributed by atoms with Crippen molar-refractivity contribution in [2.75, 3.05) is 6.54 Å². The summed E-state index contributed by atoms with van der Waals surface area (Å²) in [4.78, 5) is 25.1. The maximum absolute atomic E-state index is 12.7. The van der Waals surface area contributed by atoms with Crippen LogP contribution in [0.15, 0.2) is 54.6 Å². The molecule has 3 rings (SSSR count). The van der Waals surface area contributed by atoms with Gasteiger partial charge in [-0.1, -0.05) is 30.3 Å². The molecular weight excluding hydrogens is 334 g/mol. The van der Waals surface area contributed by atoms with Crippen LogP contribution in [-0.4, -0.2) is 45.7 Å². The van der Waals surface area contributed by atoms with Gasteiger partial charge in [0.15, 0.2) is 6.10 Å². The maximum atomic E-state index is 12.7. The Kier molecular flexibility index (Phi) is 5.53. The molecule has 2 N–H and O–H groups in total. The van der Waals surface area contributed by atoms with E-state index in [-0.39, 0.29) is 5.91 Å². The number of carbonyl (C=O) groups excluding carboxylic acids is 1. The van der Waals surface area contributed by atoms with Crippen molar-refractivity contribution in [1.82, 2.24) is 4.90 Å². The zero-order chi connectivity index (χ0) is 18.5. The van der Waals surface area contributed by atoms with Crippen LogP contribution in [-0.2, 0) is 11.4 Å². The van der Waals surface area contributed by atoms with Crippen LogP contribution in [0.2, 0.25) is 0 Å². The lowest BCUT2D eigenvalue weighted by atomic mass is 10.1. The van der Waals surface area contributed by atoms with Crippen LogP contribution in [0.3, 0.4) is 0 Å². The molecule has 6 nitrogen and oxygen atoms in total. The quantitative estimate of drug-likeness (QED) is 0.830. The fraction of sp³-hybridized carbons (Fsp3) is 0.300. The van der Waals surface area contributed by atoms with Gasteiger partial charge >= 0.3 is 5.97 Å². The zero-order valence-corrected chi connectivity index (χ0v) is 14.2. The number of aliphatic carboxylic acids is 1. The van der Waals surface area contributed by atoms with Gasteiger partial charge in [-0.15, -0.1) is 0 Å². The highest BCUT2D eigenvalue weighted by molar-refractivity contribution is 5.95. The summed E-state index contributed by atoms with van der Waals surface area (Å²) in [5.74, 6) is -0.935. The van der Waals surface area contributed by atoms with E-state index >= 15 is 0 Å². The first-order valence-corrected chi connectivity index (χ1v) is 8.55. The number of carbonyl (C=O) groups is 2. The Balaban J connectivity index is 1.64. The van der Waals surface area contributed by atoms with Gasteiger partial charge in [-0.2, -0.15) is 0 Å². The molecule has 1 amide bonds. The minimum absolute atomic E-state index is 0.276. The van der Waals surface area contributed by atoms with Crippen LogP contribution in [0.5, 0.6) is 5.75 Å². The Morgan fingerprint density at radius 3 is 2.46 bits per heavy atom. The van der Waals surface area contributed by atoms with Crippen molar-refractivity contribution >= 4 is 11.9 Å². The van der Waals surface area contributed by atoms with E-state index in [4.69, 9.17) is 9.84 Å². The molecule has 26 heavy (non-hydrogen) atoms. The molecule has 2 aromatic carbocycles. The Morgan fingerprint density at radius 1 is 1.12 bits per heavy atom. The zero-order valence-electron chi connectivity index (χ0n) is 14.2. The third-order valence-electron chi connectivity index (χ3n) is 4.53. The Labute approximate surface area is 151 Å². The van der Waals surface area contributed by atoms with Crippen LogP contribution in [0.1, 0.15) is 28.8 Å². The van der Waals surface area contributed by atoms with Crippen molar-refractivity contribution in [1.29, 1.82) is 0 Å². The minimum atomic E-state index is -1.56. The van der Waals surface area contributed by atoms with E-state index in [9.17, 15) is 14.7 Å². The number of nitrogens with zero attached hydrogens (tertiary/aromatic N) is 1. The number of hydrogen-bond acceptors (Lipinski definition) is 4. The molecule has 1 aliphatic rings. The Bertz CT molecular complexity index is 760. The van der Waals surface area contributed by atoms with Crippen molar-refractivity contribution < 1.29 is 24.5 Å². The molecule has 0 saturated carbocycles. The Hall–Kier alpha value is -2.86. The van der Waals surface area contributed by atoms with E-state index in [1.54, 1.807) is 24.3 Å². The van der Waals surface area contributed by atoms with Gasteiger partial charge in [0.25, 0.3) is 5.91 Å². The highest BCUT2D eigenvalue weighted by atomic mass is 16.5. The van der Waals surface area contributed by atoms with Crippen molar-refractivity contribution in [3.63, 3.8) is 0 Å². The number of benzene rings is 2. The second-order valence-corrected chi connectivity index (χ2v) is 6.29. The molecule has 0 spiro atoms. The largest absolute Gasteiger partial charge is 0.489 e. The van der Waals surface area contributed by atoms with Crippen LogP contribution in [0.25, 0.3) is 0 Å². The van der Waals surface area contributed by atoms with Crippen molar-refractivity contribution in [2.45, 2.75) is 31.6 Å². The molecule has 0 aliphatic carbocycles. The number of aliphatic hydroxyl groups is 1. The second-order valence-electron chi connectivity index (χ2n) is 6.29. The average molecular weight is 355 g/mol. The number of aliphatic hydroxyl groups excluding tert-OH is 1. The van der Waals surface area contributed by atoms with E-state index in [2.05, 4.69) is 0 Å². The molecule has 6 heteroatoms. The van der Waals surface area contributed by atoms with E-state index in [1.165, 1.54) is 4.90 Å². The van der Waals surface area contributed by atoms with Crippen molar-refractivity contribution in [2.24, 2.45) is 0 Å². The molecule has 0 aromatic heterocycles.